The lowest BCUT2D eigenvalue weighted by Gasteiger charge is -2.08. The van der Waals surface area contributed by atoms with Crippen molar-refractivity contribution in [3.05, 3.63) is 52.3 Å². The number of nitrogens with zero attached hydrogens (tertiary/aromatic N) is 3. The maximum absolute atomic E-state index is 6.09. The van der Waals surface area contributed by atoms with Gasteiger partial charge in [-0.1, -0.05) is 24.6 Å². The van der Waals surface area contributed by atoms with Gasteiger partial charge in [-0.15, -0.1) is 0 Å². The quantitative estimate of drug-likeness (QED) is 0.783. The predicted octanol–water partition coefficient (Wildman–Crippen LogP) is 2.99. The summed E-state index contributed by atoms with van der Waals surface area (Å²) in [6.45, 7) is 3.96. The third kappa shape index (κ3) is 2.80. The minimum Gasteiger partial charge on any atom is -0.261 e. The van der Waals surface area contributed by atoms with E-state index in [9.17, 15) is 0 Å². The van der Waals surface area contributed by atoms with Crippen LogP contribution >= 0.6 is 11.6 Å². The van der Waals surface area contributed by atoms with Crippen LogP contribution in [0.4, 0.5) is 0 Å². The monoisotopic (exact) mass is 247 g/mol. The number of hydrogen-bond donors (Lipinski definition) is 0. The molecular formula is C13H14ClN3. The molecule has 0 radical (unpaired) electrons. The average molecular weight is 248 g/mol. The smallest absolute Gasteiger partial charge is 0.135 e. The van der Waals surface area contributed by atoms with E-state index in [4.69, 9.17) is 11.6 Å². The summed E-state index contributed by atoms with van der Waals surface area (Å²) < 4.78 is 0. The summed E-state index contributed by atoms with van der Waals surface area (Å²) in [6, 6.07) is 5.86. The Labute approximate surface area is 106 Å². The average Bonchev–Trinajstić information content (AvgIpc) is 2.36. The normalized spacial score (nSPS) is 10.5. The van der Waals surface area contributed by atoms with E-state index in [0.29, 0.717) is 11.6 Å². The SMILES string of the molecule is CCc1nc(Cl)c(C)c(Cc2ccccn2)n1. The summed E-state index contributed by atoms with van der Waals surface area (Å²) in [5.41, 5.74) is 2.89. The van der Waals surface area contributed by atoms with Crippen LogP contribution in [0.2, 0.25) is 5.15 Å². The summed E-state index contributed by atoms with van der Waals surface area (Å²) in [5.74, 6) is 0.784. The highest BCUT2D eigenvalue weighted by Gasteiger charge is 2.09. The van der Waals surface area contributed by atoms with Gasteiger partial charge in [-0.3, -0.25) is 4.98 Å². The van der Waals surface area contributed by atoms with E-state index >= 15 is 0 Å². The van der Waals surface area contributed by atoms with E-state index in [1.807, 2.05) is 32.0 Å². The highest BCUT2D eigenvalue weighted by atomic mass is 35.5. The molecule has 0 aliphatic heterocycles. The van der Waals surface area contributed by atoms with Crippen molar-refractivity contribution in [2.75, 3.05) is 0 Å². The van der Waals surface area contributed by atoms with E-state index in [1.165, 1.54) is 0 Å². The fourth-order valence-electron chi connectivity index (χ4n) is 1.59. The molecular weight excluding hydrogens is 234 g/mol. The molecule has 0 saturated carbocycles. The Morgan fingerprint density at radius 2 is 2.06 bits per heavy atom. The van der Waals surface area contributed by atoms with Crippen molar-refractivity contribution < 1.29 is 0 Å². The minimum atomic E-state index is 0.544. The minimum absolute atomic E-state index is 0.544. The third-order valence-corrected chi connectivity index (χ3v) is 2.99. The molecule has 3 nitrogen and oxygen atoms in total. The van der Waals surface area contributed by atoms with Gasteiger partial charge in [-0.2, -0.15) is 0 Å². The van der Waals surface area contributed by atoms with Gasteiger partial charge in [0.2, 0.25) is 0 Å². The van der Waals surface area contributed by atoms with Crippen LogP contribution in [0.5, 0.6) is 0 Å². The summed E-state index contributed by atoms with van der Waals surface area (Å²) >= 11 is 6.09. The maximum atomic E-state index is 6.09. The second-order valence-corrected chi connectivity index (χ2v) is 4.21. The zero-order valence-electron chi connectivity index (χ0n) is 9.94. The molecule has 0 atom stereocenters. The molecule has 0 amide bonds. The van der Waals surface area contributed by atoms with Crippen molar-refractivity contribution >= 4 is 11.6 Å². The summed E-state index contributed by atoms with van der Waals surface area (Å²) in [6.07, 6.45) is 3.27. The second kappa shape index (κ2) is 5.23. The van der Waals surface area contributed by atoms with Crippen molar-refractivity contribution in [1.82, 2.24) is 15.0 Å². The van der Waals surface area contributed by atoms with Crippen LogP contribution in [0.25, 0.3) is 0 Å². The Morgan fingerprint density at radius 3 is 2.71 bits per heavy atom. The molecule has 0 aromatic carbocycles. The third-order valence-electron chi connectivity index (χ3n) is 2.62. The zero-order chi connectivity index (χ0) is 12.3. The van der Waals surface area contributed by atoms with Crippen LogP contribution in [0.3, 0.4) is 0 Å². The van der Waals surface area contributed by atoms with Gasteiger partial charge in [0.05, 0.1) is 5.69 Å². The van der Waals surface area contributed by atoms with Gasteiger partial charge in [0.25, 0.3) is 0 Å². The largest absolute Gasteiger partial charge is 0.261 e. The van der Waals surface area contributed by atoms with Gasteiger partial charge in [0.1, 0.15) is 11.0 Å². The second-order valence-electron chi connectivity index (χ2n) is 3.85. The molecule has 0 N–H and O–H groups in total. The first-order valence-electron chi connectivity index (χ1n) is 5.62. The Bertz CT molecular complexity index is 512. The molecule has 0 saturated heterocycles. The highest BCUT2D eigenvalue weighted by molar-refractivity contribution is 6.30. The van der Waals surface area contributed by atoms with Crippen LogP contribution in [-0.4, -0.2) is 15.0 Å². The van der Waals surface area contributed by atoms with Gasteiger partial charge in [-0.25, -0.2) is 9.97 Å². The maximum Gasteiger partial charge on any atom is 0.135 e. The van der Waals surface area contributed by atoms with E-state index in [-0.39, 0.29) is 0 Å². The lowest BCUT2D eigenvalue weighted by molar-refractivity contribution is 0.874. The van der Waals surface area contributed by atoms with Crippen molar-refractivity contribution in [3.63, 3.8) is 0 Å². The summed E-state index contributed by atoms with van der Waals surface area (Å²) in [5, 5.41) is 0.544. The topological polar surface area (TPSA) is 38.7 Å². The van der Waals surface area contributed by atoms with Crippen LogP contribution in [-0.2, 0) is 12.8 Å². The number of pyridine rings is 1. The van der Waals surface area contributed by atoms with Gasteiger partial charge in [-0.05, 0) is 19.1 Å². The molecule has 0 fully saturated rings. The van der Waals surface area contributed by atoms with Crippen molar-refractivity contribution in [3.8, 4) is 0 Å². The molecule has 88 valence electrons. The number of rotatable bonds is 3. The fraction of sp³-hybridized carbons (Fsp3) is 0.308. The fourth-order valence-corrected chi connectivity index (χ4v) is 1.79. The Balaban J connectivity index is 2.35. The molecule has 0 aliphatic rings. The first-order chi connectivity index (χ1) is 8.20. The van der Waals surface area contributed by atoms with Crippen LogP contribution in [0.1, 0.15) is 29.7 Å². The van der Waals surface area contributed by atoms with E-state index < -0.39 is 0 Å². The number of halogens is 1. The Morgan fingerprint density at radius 1 is 1.24 bits per heavy atom. The van der Waals surface area contributed by atoms with Crippen molar-refractivity contribution in [1.29, 1.82) is 0 Å². The molecule has 0 unspecified atom stereocenters. The molecule has 4 heteroatoms. The molecule has 2 rings (SSSR count). The number of aromatic nitrogens is 3. The van der Waals surface area contributed by atoms with Crippen LogP contribution in [0, 0.1) is 6.92 Å². The zero-order valence-corrected chi connectivity index (χ0v) is 10.7. The van der Waals surface area contributed by atoms with Gasteiger partial charge in [0.15, 0.2) is 0 Å². The van der Waals surface area contributed by atoms with Crippen molar-refractivity contribution in [2.45, 2.75) is 26.7 Å². The molecule has 0 bridgehead atoms. The van der Waals surface area contributed by atoms with Crippen LogP contribution < -0.4 is 0 Å². The van der Waals surface area contributed by atoms with E-state index in [2.05, 4.69) is 15.0 Å². The van der Waals surface area contributed by atoms with Crippen molar-refractivity contribution in [2.24, 2.45) is 0 Å². The molecule has 2 aromatic heterocycles. The van der Waals surface area contributed by atoms with Crippen LogP contribution in [0.15, 0.2) is 24.4 Å². The van der Waals surface area contributed by atoms with E-state index in [1.54, 1.807) is 6.20 Å². The molecule has 2 heterocycles. The lowest BCUT2D eigenvalue weighted by atomic mass is 10.1. The Kier molecular flexibility index (Phi) is 3.69. The van der Waals surface area contributed by atoms with Gasteiger partial charge in [0, 0.05) is 30.3 Å². The number of hydrogen-bond acceptors (Lipinski definition) is 3. The molecule has 2 aromatic rings. The van der Waals surface area contributed by atoms with E-state index in [0.717, 1.165) is 29.2 Å². The lowest BCUT2D eigenvalue weighted by Crippen LogP contribution is -2.04. The molecule has 0 aliphatic carbocycles. The highest BCUT2D eigenvalue weighted by Crippen LogP contribution is 2.18. The Hall–Kier alpha value is -1.48. The van der Waals surface area contributed by atoms with Gasteiger partial charge >= 0.3 is 0 Å². The first kappa shape index (κ1) is 12.0. The summed E-state index contributed by atoms with van der Waals surface area (Å²) in [7, 11) is 0. The van der Waals surface area contributed by atoms with Gasteiger partial charge < -0.3 is 0 Å². The number of aryl methyl sites for hydroxylation is 1. The molecule has 17 heavy (non-hydrogen) atoms. The molecule has 0 spiro atoms. The standard InChI is InChI=1S/C13H14ClN3/c1-3-12-16-11(9(2)13(14)17-12)8-10-6-4-5-7-15-10/h4-7H,3,8H2,1-2H3. The summed E-state index contributed by atoms with van der Waals surface area (Å²) in [4.78, 5) is 13.0. The predicted molar refractivity (Wildman–Crippen MR) is 68.2 cm³/mol. The first-order valence-corrected chi connectivity index (χ1v) is 6.00.